The molecule has 4 heterocycles. The highest BCUT2D eigenvalue weighted by molar-refractivity contribution is 6.01. The first kappa shape index (κ1) is 20.9. The van der Waals surface area contributed by atoms with Crippen molar-refractivity contribution in [3.05, 3.63) is 84.3 Å². The van der Waals surface area contributed by atoms with E-state index in [1.165, 1.54) is 6.42 Å². The Morgan fingerprint density at radius 2 is 1.73 bits per heavy atom. The Kier molecular flexibility index (Phi) is 5.85. The van der Waals surface area contributed by atoms with Gasteiger partial charge in [0, 0.05) is 24.8 Å². The normalized spacial score (nSPS) is 13.8. The Morgan fingerprint density at radius 1 is 0.909 bits per heavy atom. The molecule has 0 bridgehead atoms. The first-order chi connectivity index (χ1) is 16.2. The van der Waals surface area contributed by atoms with Crippen molar-refractivity contribution in [1.29, 1.82) is 0 Å². The van der Waals surface area contributed by atoms with Gasteiger partial charge in [-0.15, -0.1) is 0 Å². The second kappa shape index (κ2) is 9.24. The zero-order chi connectivity index (χ0) is 22.6. The van der Waals surface area contributed by atoms with Crippen LogP contribution in [-0.2, 0) is 11.2 Å². The van der Waals surface area contributed by atoms with Crippen molar-refractivity contribution >= 4 is 23.0 Å². The molecule has 0 atom stereocenters. The predicted molar refractivity (Wildman–Crippen MR) is 127 cm³/mol. The number of rotatable bonds is 5. The average molecular weight is 440 g/mol. The molecule has 1 saturated heterocycles. The van der Waals surface area contributed by atoms with Gasteiger partial charge < -0.3 is 10.2 Å². The molecule has 0 saturated carbocycles. The number of aromatic nitrogens is 3. The third kappa shape index (κ3) is 4.48. The fourth-order valence-corrected chi connectivity index (χ4v) is 4.30. The number of anilines is 1. The fraction of sp³-hybridized carbons (Fsp3) is 0.231. The highest BCUT2D eigenvalue weighted by Gasteiger charge is 2.22. The lowest BCUT2D eigenvalue weighted by molar-refractivity contribution is -0.115. The van der Waals surface area contributed by atoms with Crippen LogP contribution in [0.15, 0.2) is 73.2 Å². The standard InChI is InChI=1S/C26H25N5O2/c32-25(14-19-8-3-1-4-9-19)29-21-15-20(16-27-17-21)23-10-7-11-24-22(18-28-31(23)24)26(33)30-12-5-2-6-13-30/h1,3-4,7-11,15-18H,2,5-6,12-14H2,(H,29,32). The Bertz CT molecular complexity index is 1290. The van der Waals surface area contributed by atoms with E-state index in [1.54, 1.807) is 23.1 Å². The molecule has 0 unspecified atom stereocenters. The summed E-state index contributed by atoms with van der Waals surface area (Å²) < 4.78 is 1.77. The van der Waals surface area contributed by atoms with E-state index in [-0.39, 0.29) is 11.8 Å². The number of hydrogen-bond acceptors (Lipinski definition) is 4. The van der Waals surface area contributed by atoms with Crippen molar-refractivity contribution in [3.63, 3.8) is 0 Å². The number of likely N-dealkylation sites (tertiary alicyclic amines) is 1. The van der Waals surface area contributed by atoms with Crippen LogP contribution in [0.2, 0.25) is 0 Å². The zero-order valence-corrected chi connectivity index (χ0v) is 18.3. The Labute approximate surface area is 192 Å². The zero-order valence-electron chi connectivity index (χ0n) is 18.3. The van der Waals surface area contributed by atoms with Crippen LogP contribution in [0.3, 0.4) is 0 Å². The van der Waals surface area contributed by atoms with Gasteiger partial charge in [-0.25, -0.2) is 4.52 Å². The summed E-state index contributed by atoms with van der Waals surface area (Å²) in [5.41, 5.74) is 4.55. The number of hydrogen-bond donors (Lipinski definition) is 1. The van der Waals surface area contributed by atoms with Crippen LogP contribution < -0.4 is 5.32 Å². The Balaban J connectivity index is 1.40. The van der Waals surface area contributed by atoms with Crippen molar-refractivity contribution in [3.8, 4) is 11.3 Å². The summed E-state index contributed by atoms with van der Waals surface area (Å²) in [4.78, 5) is 31.8. The van der Waals surface area contributed by atoms with Gasteiger partial charge >= 0.3 is 0 Å². The predicted octanol–water partition coefficient (Wildman–Crippen LogP) is 4.20. The van der Waals surface area contributed by atoms with Crippen LogP contribution in [0.25, 0.3) is 16.8 Å². The second-order valence-electron chi connectivity index (χ2n) is 8.29. The third-order valence-electron chi connectivity index (χ3n) is 5.94. The molecule has 2 amide bonds. The topological polar surface area (TPSA) is 79.6 Å². The smallest absolute Gasteiger partial charge is 0.257 e. The van der Waals surface area contributed by atoms with E-state index in [9.17, 15) is 9.59 Å². The number of carbonyl (C=O) groups is 2. The summed E-state index contributed by atoms with van der Waals surface area (Å²) in [6.07, 6.45) is 8.57. The summed E-state index contributed by atoms with van der Waals surface area (Å²) in [6, 6.07) is 17.2. The minimum absolute atomic E-state index is 0.0295. The summed E-state index contributed by atoms with van der Waals surface area (Å²) >= 11 is 0. The lowest BCUT2D eigenvalue weighted by Gasteiger charge is -2.26. The summed E-state index contributed by atoms with van der Waals surface area (Å²) in [6.45, 7) is 1.59. The van der Waals surface area contributed by atoms with Crippen LogP contribution >= 0.6 is 0 Å². The quantitative estimate of drug-likeness (QED) is 0.505. The molecule has 5 rings (SSSR count). The van der Waals surface area contributed by atoms with E-state index in [2.05, 4.69) is 15.4 Å². The number of carbonyl (C=O) groups excluding carboxylic acids is 2. The van der Waals surface area contributed by atoms with Crippen molar-refractivity contribution < 1.29 is 9.59 Å². The van der Waals surface area contributed by atoms with Crippen molar-refractivity contribution in [1.82, 2.24) is 19.5 Å². The maximum Gasteiger partial charge on any atom is 0.257 e. The maximum absolute atomic E-state index is 13.1. The van der Waals surface area contributed by atoms with Gasteiger partial charge in [0.15, 0.2) is 0 Å². The number of pyridine rings is 2. The van der Waals surface area contributed by atoms with E-state index in [0.29, 0.717) is 17.7 Å². The van der Waals surface area contributed by atoms with Crippen LogP contribution in [-0.4, -0.2) is 44.4 Å². The molecule has 0 aliphatic carbocycles. The van der Waals surface area contributed by atoms with Crippen LogP contribution in [0.1, 0.15) is 35.2 Å². The van der Waals surface area contributed by atoms with Gasteiger partial charge in [0.1, 0.15) is 0 Å². The average Bonchev–Trinajstić information content (AvgIpc) is 3.29. The van der Waals surface area contributed by atoms with Crippen LogP contribution in [0, 0.1) is 0 Å². The van der Waals surface area contributed by atoms with E-state index in [1.807, 2.05) is 59.5 Å². The molecule has 4 aromatic rings. The summed E-state index contributed by atoms with van der Waals surface area (Å²) in [5.74, 6) is -0.0752. The number of amides is 2. The molecule has 1 N–H and O–H groups in total. The minimum Gasteiger partial charge on any atom is -0.339 e. The molecule has 1 aromatic carbocycles. The molecule has 1 aliphatic heterocycles. The number of piperidine rings is 1. The third-order valence-corrected chi connectivity index (χ3v) is 5.94. The molecule has 0 radical (unpaired) electrons. The van der Waals surface area contributed by atoms with E-state index >= 15 is 0 Å². The van der Waals surface area contributed by atoms with Gasteiger partial charge in [0.05, 0.1) is 41.3 Å². The van der Waals surface area contributed by atoms with Gasteiger partial charge in [-0.1, -0.05) is 36.4 Å². The largest absolute Gasteiger partial charge is 0.339 e. The monoisotopic (exact) mass is 439 g/mol. The van der Waals surface area contributed by atoms with Crippen molar-refractivity contribution in [2.45, 2.75) is 25.7 Å². The number of fused-ring (bicyclic) bond motifs is 1. The summed E-state index contributed by atoms with van der Waals surface area (Å²) in [5, 5.41) is 7.43. The summed E-state index contributed by atoms with van der Waals surface area (Å²) in [7, 11) is 0. The van der Waals surface area contributed by atoms with Gasteiger partial charge in [0.25, 0.3) is 5.91 Å². The molecular weight excluding hydrogens is 414 g/mol. The van der Waals surface area contributed by atoms with Gasteiger partial charge in [-0.2, -0.15) is 5.10 Å². The van der Waals surface area contributed by atoms with Crippen molar-refractivity contribution in [2.75, 3.05) is 18.4 Å². The Hall–Kier alpha value is -4.00. The van der Waals surface area contributed by atoms with E-state index in [4.69, 9.17) is 0 Å². The molecule has 7 nitrogen and oxygen atoms in total. The molecule has 33 heavy (non-hydrogen) atoms. The first-order valence-electron chi connectivity index (χ1n) is 11.2. The molecule has 1 aliphatic rings. The Morgan fingerprint density at radius 3 is 2.55 bits per heavy atom. The van der Waals surface area contributed by atoms with Crippen LogP contribution in [0.5, 0.6) is 0 Å². The molecule has 3 aromatic heterocycles. The van der Waals surface area contributed by atoms with Crippen molar-refractivity contribution in [2.24, 2.45) is 0 Å². The molecular formula is C26H25N5O2. The number of nitrogens with one attached hydrogen (secondary N) is 1. The lowest BCUT2D eigenvalue weighted by Crippen LogP contribution is -2.35. The molecule has 0 spiro atoms. The highest BCUT2D eigenvalue weighted by atomic mass is 16.2. The van der Waals surface area contributed by atoms with Gasteiger partial charge in [0.2, 0.25) is 5.91 Å². The van der Waals surface area contributed by atoms with Crippen LogP contribution in [0.4, 0.5) is 5.69 Å². The molecule has 1 fully saturated rings. The highest BCUT2D eigenvalue weighted by Crippen LogP contribution is 2.25. The first-order valence-corrected chi connectivity index (χ1v) is 11.2. The number of benzene rings is 1. The van der Waals surface area contributed by atoms with Gasteiger partial charge in [-0.3, -0.25) is 14.6 Å². The number of nitrogens with zero attached hydrogens (tertiary/aromatic N) is 4. The maximum atomic E-state index is 13.1. The van der Waals surface area contributed by atoms with E-state index in [0.717, 1.165) is 48.3 Å². The molecule has 7 heteroatoms. The molecule has 166 valence electrons. The second-order valence-corrected chi connectivity index (χ2v) is 8.29. The SMILES string of the molecule is O=C(Cc1ccccc1)Nc1cncc(-c2cccc3c(C(=O)N4CCCCC4)cnn23)c1. The van der Waals surface area contributed by atoms with E-state index < -0.39 is 0 Å². The fourth-order valence-electron chi connectivity index (χ4n) is 4.30. The minimum atomic E-state index is -0.105. The lowest BCUT2D eigenvalue weighted by atomic mass is 10.1. The van der Waals surface area contributed by atoms with Gasteiger partial charge in [-0.05, 0) is 43.0 Å².